The molecule has 4 N–H and O–H groups in total. The van der Waals surface area contributed by atoms with E-state index >= 15 is 0 Å². The first kappa shape index (κ1) is 12.6. The van der Waals surface area contributed by atoms with Gasteiger partial charge in [-0.1, -0.05) is 6.07 Å². The molecule has 0 amide bonds. The fourth-order valence-corrected chi connectivity index (χ4v) is 1.25. The van der Waals surface area contributed by atoms with Crippen LogP contribution in [0.25, 0.3) is 0 Å². The van der Waals surface area contributed by atoms with Crippen LogP contribution >= 0.6 is 0 Å². The van der Waals surface area contributed by atoms with E-state index in [0.717, 1.165) is 11.3 Å². The van der Waals surface area contributed by atoms with E-state index in [1.165, 1.54) is 0 Å². The van der Waals surface area contributed by atoms with Crippen molar-refractivity contribution >= 4 is 5.97 Å². The van der Waals surface area contributed by atoms with Crippen molar-refractivity contribution in [2.45, 2.75) is 25.3 Å². The Morgan fingerprint density at radius 2 is 2.25 bits per heavy atom. The van der Waals surface area contributed by atoms with Gasteiger partial charge in [-0.05, 0) is 31.4 Å². The van der Waals surface area contributed by atoms with Gasteiger partial charge in [0.1, 0.15) is 5.54 Å². The van der Waals surface area contributed by atoms with Gasteiger partial charge < -0.3 is 15.9 Å². The molecule has 0 saturated heterocycles. The SMILES string of the molecule is Cc1ccc(CCC(N)(CO)C(=O)O)nc1. The minimum atomic E-state index is -1.58. The molecule has 1 rings (SSSR count). The molecule has 0 saturated carbocycles. The number of aliphatic carboxylic acids is 1. The largest absolute Gasteiger partial charge is 0.480 e. The average Bonchev–Trinajstić information content (AvgIpc) is 2.27. The second-order valence-corrected chi connectivity index (χ2v) is 3.95. The van der Waals surface area contributed by atoms with E-state index in [4.69, 9.17) is 15.9 Å². The molecular formula is C11H16N2O3. The van der Waals surface area contributed by atoms with Crippen LogP contribution in [0.3, 0.4) is 0 Å². The molecule has 1 unspecified atom stereocenters. The summed E-state index contributed by atoms with van der Waals surface area (Å²) in [4.78, 5) is 15.0. The number of aromatic nitrogens is 1. The summed E-state index contributed by atoms with van der Waals surface area (Å²) in [5.41, 5.74) is 5.78. The van der Waals surface area contributed by atoms with Crippen LogP contribution in [-0.2, 0) is 11.2 Å². The number of aliphatic hydroxyl groups is 1. The van der Waals surface area contributed by atoms with Gasteiger partial charge in [-0.3, -0.25) is 9.78 Å². The van der Waals surface area contributed by atoms with Gasteiger partial charge in [0.15, 0.2) is 0 Å². The average molecular weight is 224 g/mol. The molecule has 0 aliphatic carbocycles. The number of nitrogens with zero attached hydrogens (tertiary/aromatic N) is 1. The Balaban J connectivity index is 2.63. The van der Waals surface area contributed by atoms with E-state index in [-0.39, 0.29) is 6.42 Å². The molecule has 5 nitrogen and oxygen atoms in total. The Morgan fingerprint density at radius 3 is 2.69 bits per heavy atom. The molecule has 0 radical (unpaired) electrons. The van der Waals surface area contributed by atoms with Gasteiger partial charge in [0.05, 0.1) is 6.61 Å². The molecule has 0 aliphatic rings. The Morgan fingerprint density at radius 1 is 1.56 bits per heavy atom. The van der Waals surface area contributed by atoms with Crippen LogP contribution in [0.5, 0.6) is 0 Å². The van der Waals surface area contributed by atoms with E-state index in [2.05, 4.69) is 4.98 Å². The van der Waals surface area contributed by atoms with Crippen LogP contribution in [-0.4, -0.2) is 33.3 Å². The number of carboxylic acid groups (broad SMARTS) is 1. The van der Waals surface area contributed by atoms with Crippen molar-refractivity contribution in [1.82, 2.24) is 4.98 Å². The van der Waals surface area contributed by atoms with Crippen molar-refractivity contribution < 1.29 is 15.0 Å². The second-order valence-electron chi connectivity index (χ2n) is 3.95. The lowest BCUT2D eigenvalue weighted by Gasteiger charge is -2.21. The van der Waals surface area contributed by atoms with Crippen LogP contribution in [0.15, 0.2) is 18.3 Å². The third-order valence-electron chi connectivity index (χ3n) is 2.51. The van der Waals surface area contributed by atoms with Crippen molar-refractivity contribution in [2.24, 2.45) is 5.73 Å². The molecule has 1 atom stereocenters. The van der Waals surface area contributed by atoms with Crippen LogP contribution in [0.2, 0.25) is 0 Å². The van der Waals surface area contributed by atoms with E-state index in [1.807, 2.05) is 19.1 Å². The number of hydrogen-bond donors (Lipinski definition) is 3. The van der Waals surface area contributed by atoms with Gasteiger partial charge >= 0.3 is 5.97 Å². The molecule has 0 aromatic carbocycles. The van der Waals surface area contributed by atoms with Crippen LogP contribution < -0.4 is 5.73 Å². The maximum Gasteiger partial charge on any atom is 0.326 e. The zero-order chi connectivity index (χ0) is 12.2. The summed E-state index contributed by atoms with van der Waals surface area (Å²) in [5, 5.41) is 17.8. The highest BCUT2D eigenvalue weighted by Gasteiger charge is 2.32. The third kappa shape index (κ3) is 3.01. The summed E-state index contributed by atoms with van der Waals surface area (Å²) in [6.07, 6.45) is 2.31. The number of nitrogens with two attached hydrogens (primary N) is 1. The molecule has 0 bridgehead atoms. The topological polar surface area (TPSA) is 96.4 Å². The van der Waals surface area contributed by atoms with Crippen molar-refractivity contribution in [3.8, 4) is 0 Å². The summed E-state index contributed by atoms with van der Waals surface area (Å²) < 4.78 is 0. The molecule has 16 heavy (non-hydrogen) atoms. The van der Waals surface area contributed by atoms with Gasteiger partial charge in [-0.25, -0.2) is 0 Å². The molecular weight excluding hydrogens is 208 g/mol. The zero-order valence-corrected chi connectivity index (χ0v) is 9.18. The molecule has 0 aliphatic heterocycles. The summed E-state index contributed by atoms with van der Waals surface area (Å²) in [5.74, 6) is -1.19. The smallest absolute Gasteiger partial charge is 0.326 e. The van der Waals surface area contributed by atoms with Gasteiger partial charge in [-0.2, -0.15) is 0 Å². The second kappa shape index (κ2) is 5.05. The van der Waals surface area contributed by atoms with Gasteiger partial charge in [-0.15, -0.1) is 0 Å². The Kier molecular flexibility index (Phi) is 3.98. The van der Waals surface area contributed by atoms with Gasteiger partial charge in [0, 0.05) is 11.9 Å². The van der Waals surface area contributed by atoms with Crippen LogP contribution in [0.1, 0.15) is 17.7 Å². The van der Waals surface area contributed by atoms with E-state index < -0.39 is 18.1 Å². The molecule has 1 aromatic heterocycles. The summed E-state index contributed by atoms with van der Waals surface area (Å²) in [7, 11) is 0. The van der Waals surface area contributed by atoms with Gasteiger partial charge in [0.25, 0.3) is 0 Å². The van der Waals surface area contributed by atoms with Crippen molar-refractivity contribution in [3.63, 3.8) is 0 Å². The minimum Gasteiger partial charge on any atom is -0.480 e. The maximum atomic E-state index is 10.8. The molecule has 5 heteroatoms. The lowest BCUT2D eigenvalue weighted by molar-refractivity contribution is -0.145. The third-order valence-corrected chi connectivity index (χ3v) is 2.51. The molecule has 1 aromatic rings. The molecule has 88 valence electrons. The van der Waals surface area contributed by atoms with Crippen molar-refractivity contribution in [3.05, 3.63) is 29.6 Å². The number of aryl methyl sites for hydroxylation is 2. The quantitative estimate of drug-likeness (QED) is 0.659. The number of pyridine rings is 1. The van der Waals surface area contributed by atoms with Crippen LogP contribution in [0.4, 0.5) is 0 Å². The Bertz CT molecular complexity index is 364. The van der Waals surface area contributed by atoms with E-state index in [9.17, 15) is 4.79 Å². The van der Waals surface area contributed by atoms with Crippen molar-refractivity contribution in [1.29, 1.82) is 0 Å². The first-order valence-corrected chi connectivity index (χ1v) is 5.02. The highest BCUT2D eigenvalue weighted by atomic mass is 16.4. The number of carboxylic acids is 1. The first-order chi connectivity index (χ1) is 7.48. The van der Waals surface area contributed by atoms with E-state index in [1.54, 1.807) is 6.20 Å². The minimum absolute atomic E-state index is 0.162. The maximum absolute atomic E-state index is 10.8. The standard InChI is InChI=1S/C11H16N2O3/c1-8-2-3-9(13-6-8)4-5-11(12,7-14)10(15)16/h2-3,6,14H,4-5,7,12H2,1H3,(H,15,16). The summed E-state index contributed by atoms with van der Waals surface area (Å²) >= 11 is 0. The Hall–Kier alpha value is -1.46. The predicted molar refractivity (Wildman–Crippen MR) is 58.9 cm³/mol. The molecule has 0 spiro atoms. The predicted octanol–water partition coefficient (Wildman–Crippen LogP) is 0.0970. The number of carbonyl (C=O) groups is 1. The van der Waals surface area contributed by atoms with E-state index in [0.29, 0.717) is 6.42 Å². The summed E-state index contributed by atoms with van der Waals surface area (Å²) in [6.45, 7) is 1.35. The zero-order valence-electron chi connectivity index (χ0n) is 9.18. The normalized spacial score (nSPS) is 14.4. The molecule has 1 heterocycles. The Labute approximate surface area is 93.9 Å². The lowest BCUT2D eigenvalue weighted by atomic mass is 9.95. The highest BCUT2D eigenvalue weighted by Crippen LogP contribution is 2.11. The number of aliphatic hydroxyl groups excluding tert-OH is 1. The van der Waals surface area contributed by atoms with Crippen LogP contribution in [0, 0.1) is 6.92 Å². The summed E-state index contributed by atoms with van der Waals surface area (Å²) in [6, 6.07) is 3.73. The number of rotatable bonds is 5. The highest BCUT2D eigenvalue weighted by molar-refractivity contribution is 5.78. The molecule has 0 fully saturated rings. The number of hydrogen-bond acceptors (Lipinski definition) is 4. The first-order valence-electron chi connectivity index (χ1n) is 5.02. The lowest BCUT2D eigenvalue weighted by Crippen LogP contribution is -2.51. The van der Waals surface area contributed by atoms with Crippen molar-refractivity contribution in [2.75, 3.05) is 6.61 Å². The fraction of sp³-hybridized carbons (Fsp3) is 0.455. The fourth-order valence-electron chi connectivity index (χ4n) is 1.25. The van der Waals surface area contributed by atoms with Gasteiger partial charge in [0.2, 0.25) is 0 Å². The monoisotopic (exact) mass is 224 g/mol.